The van der Waals surface area contributed by atoms with Crippen molar-refractivity contribution in [3.05, 3.63) is 59.7 Å². The van der Waals surface area contributed by atoms with Gasteiger partial charge in [-0.1, -0.05) is 36.4 Å². The zero-order valence-corrected chi connectivity index (χ0v) is 19.2. The van der Waals surface area contributed by atoms with Gasteiger partial charge in [-0.3, -0.25) is 9.80 Å². The van der Waals surface area contributed by atoms with Crippen LogP contribution in [0.3, 0.4) is 0 Å². The monoisotopic (exact) mass is 438 g/mol. The lowest BCUT2D eigenvalue weighted by molar-refractivity contribution is -0.110. The van der Waals surface area contributed by atoms with Gasteiger partial charge in [-0.05, 0) is 56.1 Å². The highest BCUT2D eigenvalue weighted by molar-refractivity contribution is 5.50. The first-order valence-electron chi connectivity index (χ1n) is 11.5. The summed E-state index contributed by atoms with van der Waals surface area (Å²) in [5.74, 6) is 1.67. The fourth-order valence-corrected chi connectivity index (χ4v) is 5.01. The van der Waals surface area contributed by atoms with E-state index in [-0.39, 0.29) is 12.7 Å². The van der Waals surface area contributed by atoms with Gasteiger partial charge in [-0.2, -0.15) is 0 Å². The summed E-state index contributed by atoms with van der Waals surface area (Å²) in [6.45, 7) is 5.50. The van der Waals surface area contributed by atoms with E-state index in [0.29, 0.717) is 18.4 Å². The van der Waals surface area contributed by atoms with Crippen LogP contribution in [0, 0.1) is 0 Å². The van der Waals surface area contributed by atoms with E-state index >= 15 is 0 Å². The van der Waals surface area contributed by atoms with E-state index in [1.165, 1.54) is 57.1 Å². The fourth-order valence-electron chi connectivity index (χ4n) is 5.01. The number of hydrogen-bond donors (Lipinski definition) is 0. The van der Waals surface area contributed by atoms with E-state index in [1.54, 1.807) is 0 Å². The van der Waals surface area contributed by atoms with Gasteiger partial charge in [0.05, 0.1) is 0 Å². The Balaban J connectivity index is 0.000000444. The molecule has 0 aliphatic carbocycles. The molecule has 6 heteroatoms. The van der Waals surface area contributed by atoms with E-state index in [9.17, 15) is 4.79 Å². The molecule has 3 heterocycles. The van der Waals surface area contributed by atoms with Gasteiger partial charge in [-0.15, -0.1) is 0 Å². The molecule has 6 nitrogen and oxygen atoms in total. The van der Waals surface area contributed by atoms with Crippen molar-refractivity contribution in [2.75, 3.05) is 47.0 Å². The summed E-state index contributed by atoms with van der Waals surface area (Å²) in [5, 5.41) is 0. The van der Waals surface area contributed by atoms with Crippen molar-refractivity contribution in [3.63, 3.8) is 0 Å². The highest BCUT2D eigenvalue weighted by atomic mass is 16.6. The zero-order chi connectivity index (χ0) is 22.4. The number of aldehydes is 1. The molecule has 0 radical (unpaired) electrons. The van der Waals surface area contributed by atoms with Crippen molar-refractivity contribution in [1.82, 2.24) is 9.80 Å². The minimum atomic E-state index is -0.0313. The molecule has 0 aromatic heterocycles. The van der Waals surface area contributed by atoms with Crippen LogP contribution in [0.25, 0.3) is 0 Å². The third-order valence-electron chi connectivity index (χ3n) is 6.86. The van der Waals surface area contributed by atoms with Crippen LogP contribution in [0.1, 0.15) is 36.5 Å². The van der Waals surface area contributed by atoms with Crippen LogP contribution in [0.5, 0.6) is 11.5 Å². The largest absolute Gasteiger partial charge is 0.485 e. The van der Waals surface area contributed by atoms with Gasteiger partial charge >= 0.3 is 0 Å². The third-order valence-corrected chi connectivity index (χ3v) is 6.86. The van der Waals surface area contributed by atoms with Gasteiger partial charge in [0.2, 0.25) is 0 Å². The first kappa shape index (κ1) is 22.8. The molecule has 2 saturated heterocycles. The number of hydrogen-bond acceptors (Lipinski definition) is 6. The number of fused-ring (bicyclic) bond motifs is 1. The van der Waals surface area contributed by atoms with Crippen molar-refractivity contribution >= 4 is 6.29 Å². The van der Waals surface area contributed by atoms with Crippen LogP contribution < -0.4 is 9.47 Å². The summed E-state index contributed by atoms with van der Waals surface area (Å²) in [5.41, 5.74) is 3.01. The predicted octanol–water partition coefficient (Wildman–Crippen LogP) is 3.70. The van der Waals surface area contributed by atoms with Crippen molar-refractivity contribution in [2.24, 2.45) is 0 Å². The van der Waals surface area contributed by atoms with Crippen LogP contribution >= 0.6 is 0 Å². The summed E-state index contributed by atoms with van der Waals surface area (Å²) >= 11 is 0. The molecular formula is C26H34N2O4. The maximum Gasteiger partial charge on any atom is 0.162 e. The average molecular weight is 439 g/mol. The summed E-state index contributed by atoms with van der Waals surface area (Å²) in [4.78, 5) is 14.5. The van der Waals surface area contributed by atoms with E-state index in [0.717, 1.165) is 18.0 Å². The van der Waals surface area contributed by atoms with Gasteiger partial charge in [0.15, 0.2) is 17.6 Å². The van der Waals surface area contributed by atoms with Crippen LogP contribution in [0.4, 0.5) is 0 Å². The molecule has 2 aromatic carbocycles. The zero-order valence-electron chi connectivity index (χ0n) is 19.2. The molecular weight excluding hydrogens is 404 g/mol. The SMILES string of the molecule is CN1CCCC12CCN(Cc1ccc(C3COc4ccccc4O3)cc1)C2.COCC=O. The van der Waals surface area contributed by atoms with Crippen molar-refractivity contribution < 1.29 is 19.0 Å². The van der Waals surface area contributed by atoms with Gasteiger partial charge in [0.1, 0.15) is 19.5 Å². The van der Waals surface area contributed by atoms with Crippen molar-refractivity contribution in [1.29, 1.82) is 0 Å². The Labute approximate surface area is 191 Å². The van der Waals surface area contributed by atoms with Crippen LogP contribution in [0.15, 0.2) is 48.5 Å². The summed E-state index contributed by atoms with van der Waals surface area (Å²) in [6, 6.07) is 16.8. The number of rotatable bonds is 5. The normalized spacial score (nSPS) is 24.9. The Morgan fingerprint density at radius 1 is 1.09 bits per heavy atom. The Bertz CT molecular complexity index is 888. The highest BCUT2D eigenvalue weighted by Gasteiger charge is 2.43. The second-order valence-electron chi connectivity index (χ2n) is 8.94. The van der Waals surface area contributed by atoms with Gasteiger partial charge in [0, 0.05) is 32.3 Å². The molecule has 1 spiro atoms. The van der Waals surface area contributed by atoms with E-state index < -0.39 is 0 Å². The Morgan fingerprint density at radius 3 is 2.53 bits per heavy atom. The lowest BCUT2D eigenvalue weighted by atomic mass is 9.96. The lowest BCUT2D eigenvalue weighted by Gasteiger charge is -2.32. The number of likely N-dealkylation sites (tertiary alicyclic amines) is 2. The number of nitrogens with zero attached hydrogens (tertiary/aromatic N) is 2. The molecule has 32 heavy (non-hydrogen) atoms. The number of carbonyl (C=O) groups excluding carboxylic acids is 1. The van der Waals surface area contributed by atoms with E-state index in [2.05, 4.69) is 45.8 Å². The summed E-state index contributed by atoms with van der Waals surface area (Å²) < 4.78 is 16.3. The van der Waals surface area contributed by atoms with Gasteiger partial charge < -0.3 is 19.0 Å². The molecule has 2 aromatic rings. The molecule has 2 unspecified atom stereocenters. The molecule has 3 aliphatic rings. The molecule has 3 aliphatic heterocycles. The number of benzene rings is 2. The topological polar surface area (TPSA) is 51.2 Å². The van der Waals surface area contributed by atoms with Crippen molar-refractivity contribution in [2.45, 2.75) is 37.5 Å². The molecule has 0 saturated carbocycles. The minimum absolute atomic E-state index is 0.0313. The van der Waals surface area contributed by atoms with Gasteiger partial charge in [-0.25, -0.2) is 0 Å². The van der Waals surface area contributed by atoms with Gasteiger partial charge in [0.25, 0.3) is 0 Å². The summed E-state index contributed by atoms with van der Waals surface area (Å²) in [6.07, 6.45) is 4.70. The maximum absolute atomic E-state index is 9.28. The molecule has 5 rings (SSSR count). The smallest absolute Gasteiger partial charge is 0.162 e. The quantitative estimate of drug-likeness (QED) is 0.664. The lowest BCUT2D eigenvalue weighted by Crippen LogP contribution is -2.43. The van der Waals surface area contributed by atoms with E-state index in [4.69, 9.17) is 9.47 Å². The molecule has 2 fully saturated rings. The van der Waals surface area contributed by atoms with Crippen LogP contribution in [-0.2, 0) is 16.1 Å². The fraction of sp³-hybridized carbons (Fsp3) is 0.500. The molecule has 2 atom stereocenters. The average Bonchev–Trinajstić information content (AvgIpc) is 3.40. The minimum Gasteiger partial charge on any atom is -0.485 e. The molecule has 0 N–H and O–H groups in total. The summed E-state index contributed by atoms with van der Waals surface area (Å²) in [7, 11) is 3.78. The number of methoxy groups -OCH3 is 1. The first-order chi connectivity index (χ1) is 15.6. The van der Waals surface area contributed by atoms with E-state index in [1.807, 2.05) is 24.3 Å². The Morgan fingerprint density at radius 2 is 1.88 bits per heavy atom. The Kier molecular flexibility index (Phi) is 7.45. The Hall–Kier alpha value is -2.41. The highest BCUT2D eigenvalue weighted by Crippen LogP contribution is 2.38. The van der Waals surface area contributed by atoms with Crippen LogP contribution in [0.2, 0.25) is 0 Å². The third kappa shape index (κ3) is 5.14. The number of carbonyl (C=O) groups is 1. The predicted molar refractivity (Wildman–Crippen MR) is 124 cm³/mol. The number of ether oxygens (including phenoxy) is 3. The number of para-hydroxylation sites is 2. The molecule has 0 amide bonds. The second-order valence-corrected chi connectivity index (χ2v) is 8.94. The van der Waals surface area contributed by atoms with Crippen molar-refractivity contribution in [3.8, 4) is 11.5 Å². The second kappa shape index (κ2) is 10.5. The standard InChI is InChI=1S/C23H28N2O2.C3H6O2/c1-24-13-4-11-23(24)12-14-25(17-23)15-18-7-9-19(10-8-18)22-16-26-20-5-2-3-6-21(20)27-22;1-5-3-2-4/h2-3,5-10,22H,4,11-17H2,1H3;2H,3H2,1H3. The van der Waals surface area contributed by atoms with Crippen LogP contribution in [-0.4, -0.2) is 68.6 Å². The molecule has 0 bridgehead atoms. The first-order valence-corrected chi connectivity index (χ1v) is 11.5. The number of likely N-dealkylation sites (N-methyl/N-ethyl adjacent to an activating group) is 1. The molecule has 172 valence electrons. The maximum atomic E-state index is 9.28.